The monoisotopic (exact) mass is 348 g/mol. The summed E-state index contributed by atoms with van der Waals surface area (Å²) >= 11 is 0. The molecular formula is C21H24N4O. The summed E-state index contributed by atoms with van der Waals surface area (Å²) in [4.78, 5) is 21.6. The largest absolute Gasteiger partial charge is 0.347 e. The summed E-state index contributed by atoms with van der Waals surface area (Å²) in [7, 11) is 0. The van der Waals surface area contributed by atoms with E-state index in [1.807, 2.05) is 24.3 Å². The zero-order chi connectivity index (χ0) is 17.8. The molecule has 1 heterocycles. The fourth-order valence-corrected chi connectivity index (χ4v) is 6.04. The molecule has 134 valence electrons. The number of rotatable bonds is 3. The molecule has 5 nitrogen and oxygen atoms in total. The standard InChI is InChI=1S/C21H24N4O/c22-20-9-14-7-15(10-20)12-21(11-14,13-20)25-19(26)17-4-1-3-16(8-17)18-23-5-2-6-24-18/h1-6,8,14-15H,7,9-13,22H2,(H,25,26). The third-order valence-corrected chi connectivity index (χ3v) is 6.43. The summed E-state index contributed by atoms with van der Waals surface area (Å²) in [5, 5.41) is 3.38. The number of carbonyl (C=O) groups is 1. The van der Waals surface area contributed by atoms with Gasteiger partial charge in [-0.2, -0.15) is 0 Å². The third kappa shape index (κ3) is 2.71. The van der Waals surface area contributed by atoms with Crippen molar-refractivity contribution in [2.75, 3.05) is 0 Å². The molecule has 4 aliphatic rings. The summed E-state index contributed by atoms with van der Waals surface area (Å²) < 4.78 is 0. The van der Waals surface area contributed by atoms with Crippen LogP contribution < -0.4 is 11.1 Å². The van der Waals surface area contributed by atoms with Crippen LogP contribution >= 0.6 is 0 Å². The first-order valence-corrected chi connectivity index (χ1v) is 9.52. The molecule has 6 rings (SSSR count). The normalized spacial score (nSPS) is 34.7. The Kier molecular flexibility index (Phi) is 3.44. The minimum absolute atomic E-state index is 0.00617. The first-order valence-electron chi connectivity index (χ1n) is 9.52. The van der Waals surface area contributed by atoms with Crippen molar-refractivity contribution in [3.8, 4) is 11.4 Å². The number of hydrogen-bond donors (Lipinski definition) is 2. The average molecular weight is 348 g/mol. The summed E-state index contributed by atoms with van der Waals surface area (Å²) in [5.41, 5.74) is 7.99. The van der Waals surface area contributed by atoms with Gasteiger partial charge in [-0.25, -0.2) is 9.97 Å². The van der Waals surface area contributed by atoms with Crippen molar-refractivity contribution in [1.82, 2.24) is 15.3 Å². The molecule has 4 saturated carbocycles. The van der Waals surface area contributed by atoms with Crippen LogP contribution in [0.15, 0.2) is 42.7 Å². The Morgan fingerprint density at radius 2 is 1.81 bits per heavy atom. The van der Waals surface area contributed by atoms with Crippen molar-refractivity contribution in [2.24, 2.45) is 17.6 Å². The third-order valence-electron chi connectivity index (χ3n) is 6.43. The fourth-order valence-electron chi connectivity index (χ4n) is 6.04. The molecule has 0 aliphatic heterocycles. The van der Waals surface area contributed by atoms with Gasteiger partial charge >= 0.3 is 0 Å². The van der Waals surface area contributed by atoms with Crippen LogP contribution in [0.1, 0.15) is 48.9 Å². The van der Waals surface area contributed by atoms with Gasteiger partial charge in [-0.1, -0.05) is 12.1 Å². The lowest BCUT2D eigenvalue weighted by atomic mass is 9.50. The van der Waals surface area contributed by atoms with Crippen LogP contribution in [0.5, 0.6) is 0 Å². The Hall–Kier alpha value is -2.27. The molecule has 1 aromatic carbocycles. The van der Waals surface area contributed by atoms with E-state index in [0.29, 0.717) is 23.2 Å². The first-order chi connectivity index (χ1) is 12.5. The maximum absolute atomic E-state index is 13.0. The number of hydrogen-bond acceptors (Lipinski definition) is 4. The van der Waals surface area contributed by atoms with Crippen LogP contribution in [0.3, 0.4) is 0 Å². The van der Waals surface area contributed by atoms with Crippen molar-refractivity contribution in [3.05, 3.63) is 48.3 Å². The number of amides is 1. The van der Waals surface area contributed by atoms with Crippen molar-refractivity contribution in [1.29, 1.82) is 0 Å². The van der Waals surface area contributed by atoms with Gasteiger partial charge in [-0.05, 0) is 68.6 Å². The molecule has 0 radical (unpaired) electrons. The number of benzene rings is 1. The summed E-state index contributed by atoms with van der Waals surface area (Å²) in [5.74, 6) is 1.97. The second-order valence-electron chi connectivity index (χ2n) is 8.71. The summed E-state index contributed by atoms with van der Waals surface area (Å²) in [6, 6.07) is 9.36. The maximum Gasteiger partial charge on any atom is 0.251 e. The van der Waals surface area contributed by atoms with Gasteiger partial charge in [-0.15, -0.1) is 0 Å². The Morgan fingerprint density at radius 3 is 2.50 bits per heavy atom. The number of nitrogens with two attached hydrogens (primary N) is 1. The zero-order valence-electron chi connectivity index (χ0n) is 14.8. The van der Waals surface area contributed by atoms with Crippen molar-refractivity contribution >= 4 is 5.91 Å². The second-order valence-corrected chi connectivity index (χ2v) is 8.71. The molecule has 3 N–H and O–H groups in total. The quantitative estimate of drug-likeness (QED) is 0.894. The van der Waals surface area contributed by atoms with E-state index in [1.165, 1.54) is 6.42 Å². The predicted molar refractivity (Wildman–Crippen MR) is 99.3 cm³/mol. The SMILES string of the molecule is NC12CC3CC(C1)CC(NC(=O)c1cccc(-c4ncccn4)c1)(C3)C2. The van der Waals surface area contributed by atoms with Gasteiger partial charge in [0.15, 0.2) is 5.82 Å². The molecule has 5 heteroatoms. The van der Waals surface area contributed by atoms with Crippen LogP contribution in [0.25, 0.3) is 11.4 Å². The van der Waals surface area contributed by atoms with Crippen molar-refractivity contribution < 1.29 is 4.79 Å². The molecule has 2 atom stereocenters. The highest BCUT2D eigenvalue weighted by Gasteiger charge is 2.56. The van der Waals surface area contributed by atoms with Gasteiger partial charge in [0.2, 0.25) is 0 Å². The molecule has 1 amide bonds. The van der Waals surface area contributed by atoms with E-state index in [1.54, 1.807) is 18.5 Å². The lowest BCUT2D eigenvalue weighted by Gasteiger charge is -2.61. The Bertz CT molecular complexity index is 836. The Labute approximate surface area is 153 Å². The minimum Gasteiger partial charge on any atom is -0.347 e. The Balaban J connectivity index is 1.40. The second kappa shape index (κ2) is 5.61. The number of carbonyl (C=O) groups excluding carboxylic acids is 1. The van der Waals surface area contributed by atoms with Gasteiger partial charge in [0, 0.05) is 34.6 Å². The van der Waals surface area contributed by atoms with Crippen LogP contribution in [-0.4, -0.2) is 27.0 Å². The van der Waals surface area contributed by atoms with Crippen LogP contribution in [0, 0.1) is 11.8 Å². The van der Waals surface area contributed by atoms with Crippen LogP contribution in [-0.2, 0) is 0 Å². The number of nitrogens with zero attached hydrogens (tertiary/aromatic N) is 2. The molecule has 4 bridgehead atoms. The molecule has 4 fully saturated rings. The average Bonchev–Trinajstić information content (AvgIpc) is 2.60. The fraction of sp³-hybridized carbons (Fsp3) is 0.476. The minimum atomic E-state index is -0.116. The van der Waals surface area contributed by atoms with Gasteiger partial charge in [-0.3, -0.25) is 4.79 Å². The highest BCUT2D eigenvalue weighted by atomic mass is 16.1. The molecule has 1 aromatic heterocycles. The molecule has 4 aliphatic carbocycles. The number of nitrogens with one attached hydrogen (secondary N) is 1. The van der Waals surface area contributed by atoms with Crippen molar-refractivity contribution in [3.63, 3.8) is 0 Å². The van der Waals surface area contributed by atoms with Crippen LogP contribution in [0.2, 0.25) is 0 Å². The van der Waals surface area contributed by atoms with E-state index < -0.39 is 0 Å². The number of aromatic nitrogens is 2. The highest BCUT2D eigenvalue weighted by Crippen LogP contribution is 2.56. The Morgan fingerprint density at radius 1 is 1.08 bits per heavy atom. The van der Waals surface area contributed by atoms with Gasteiger partial charge in [0.1, 0.15) is 0 Å². The van der Waals surface area contributed by atoms with Gasteiger partial charge in [0.25, 0.3) is 5.91 Å². The molecule has 2 unspecified atom stereocenters. The van der Waals surface area contributed by atoms with E-state index in [9.17, 15) is 4.79 Å². The molecule has 0 saturated heterocycles. The molecular weight excluding hydrogens is 324 g/mol. The summed E-state index contributed by atoms with van der Waals surface area (Å²) in [6.07, 6.45) is 10.0. The summed E-state index contributed by atoms with van der Waals surface area (Å²) in [6.45, 7) is 0. The van der Waals surface area contributed by atoms with Crippen LogP contribution in [0.4, 0.5) is 0 Å². The van der Waals surface area contributed by atoms with Crippen molar-refractivity contribution in [2.45, 2.75) is 49.6 Å². The van der Waals surface area contributed by atoms with E-state index in [4.69, 9.17) is 5.73 Å². The lowest BCUT2D eigenvalue weighted by molar-refractivity contribution is -0.0320. The van der Waals surface area contributed by atoms with E-state index in [-0.39, 0.29) is 17.0 Å². The molecule has 0 spiro atoms. The van der Waals surface area contributed by atoms with E-state index in [0.717, 1.165) is 37.7 Å². The smallest absolute Gasteiger partial charge is 0.251 e. The van der Waals surface area contributed by atoms with E-state index >= 15 is 0 Å². The molecule has 2 aromatic rings. The van der Waals surface area contributed by atoms with Gasteiger partial charge in [0.05, 0.1) is 0 Å². The topological polar surface area (TPSA) is 80.9 Å². The van der Waals surface area contributed by atoms with E-state index in [2.05, 4.69) is 15.3 Å². The lowest BCUT2D eigenvalue weighted by Crippen LogP contribution is -2.68. The maximum atomic E-state index is 13.0. The molecule has 26 heavy (non-hydrogen) atoms. The van der Waals surface area contributed by atoms with Gasteiger partial charge < -0.3 is 11.1 Å². The first kappa shape index (κ1) is 15.9. The highest BCUT2D eigenvalue weighted by molar-refractivity contribution is 5.95. The zero-order valence-corrected chi connectivity index (χ0v) is 14.8. The predicted octanol–water partition coefficient (Wildman–Crippen LogP) is 2.92.